The van der Waals surface area contributed by atoms with E-state index < -0.39 is 9.84 Å². The van der Waals surface area contributed by atoms with Gasteiger partial charge in [0.05, 0.1) is 17.4 Å². The maximum Gasteiger partial charge on any atom is 0.292 e. The summed E-state index contributed by atoms with van der Waals surface area (Å²) in [6.07, 6.45) is 12.1. The van der Waals surface area contributed by atoms with Crippen LogP contribution in [0.5, 0.6) is 0 Å². The third-order valence-electron chi connectivity index (χ3n) is 8.85. The molecule has 15 nitrogen and oxygen atoms in total. The average molecular weight is 625 g/mol. The number of aromatic nitrogens is 10. The molecule has 7 heterocycles. The number of hydrogen-bond acceptors (Lipinski definition) is 11. The molecule has 45 heavy (non-hydrogen) atoms. The van der Waals surface area contributed by atoms with E-state index in [2.05, 4.69) is 35.3 Å². The zero-order chi connectivity index (χ0) is 31.0. The Morgan fingerprint density at radius 1 is 1.07 bits per heavy atom. The smallest absolute Gasteiger partial charge is 0.292 e. The number of nitrogens with one attached hydrogen (secondary N) is 1. The molecular weight excluding hydrogens is 596 g/mol. The standard InChI is InChI=1S/C29H28N12O3S/c1-39-13-17-7-15(3-6-22(17)38-39)26-31-10-18(11-32-26)21-12-35-41-25(30)24(45(2,43)44)23(36-28(21)41)16-8-19-4-5-20(9-16)40(19)29(42)27-33-14-34-37-27/h3,6-7,10-14,16,19-20H,4-5,8-9,30H2,1-2H3,(H,33,34,37)/t16-,19+,20-. The van der Waals surface area contributed by atoms with Crippen LogP contribution in [0.2, 0.25) is 0 Å². The molecule has 0 spiro atoms. The lowest BCUT2D eigenvalue weighted by molar-refractivity contribution is 0.0556. The molecule has 228 valence electrons. The highest BCUT2D eigenvalue weighted by Crippen LogP contribution is 2.45. The van der Waals surface area contributed by atoms with E-state index in [0.29, 0.717) is 41.1 Å². The van der Waals surface area contributed by atoms with Crippen molar-refractivity contribution in [3.8, 4) is 22.5 Å². The molecule has 16 heteroatoms. The number of nitrogen functional groups attached to an aromatic ring is 1. The molecular formula is C29H28N12O3S. The first kappa shape index (κ1) is 27.3. The number of piperidine rings is 1. The van der Waals surface area contributed by atoms with E-state index in [0.717, 1.165) is 35.6 Å². The van der Waals surface area contributed by atoms with Crippen molar-refractivity contribution in [2.75, 3.05) is 12.0 Å². The van der Waals surface area contributed by atoms with Crippen LogP contribution in [0.25, 0.3) is 39.1 Å². The topological polar surface area (TPSA) is 196 Å². The third-order valence-corrected chi connectivity index (χ3v) is 10.0. The van der Waals surface area contributed by atoms with E-state index >= 15 is 0 Å². The van der Waals surface area contributed by atoms with Gasteiger partial charge in [-0.15, -0.1) is 10.2 Å². The summed E-state index contributed by atoms with van der Waals surface area (Å²) in [5, 5.41) is 17.5. The molecule has 1 aromatic carbocycles. The monoisotopic (exact) mass is 624 g/mol. The van der Waals surface area contributed by atoms with Crippen molar-refractivity contribution in [2.45, 2.75) is 48.6 Å². The van der Waals surface area contributed by atoms with Gasteiger partial charge in [-0.2, -0.15) is 14.7 Å². The quantitative estimate of drug-likeness (QED) is 0.286. The van der Waals surface area contributed by atoms with Gasteiger partial charge in [-0.3, -0.25) is 9.48 Å². The van der Waals surface area contributed by atoms with Crippen LogP contribution < -0.4 is 5.73 Å². The van der Waals surface area contributed by atoms with Crippen LogP contribution in [0.4, 0.5) is 5.82 Å². The number of nitrogens with zero attached hydrogens (tertiary/aromatic N) is 10. The van der Waals surface area contributed by atoms with Crippen LogP contribution in [0, 0.1) is 0 Å². The fourth-order valence-electron chi connectivity index (χ4n) is 6.95. The highest BCUT2D eigenvalue weighted by Gasteiger charge is 2.46. The van der Waals surface area contributed by atoms with Crippen LogP contribution in [0.1, 0.15) is 47.9 Å². The number of anilines is 1. The summed E-state index contributed by atoms with van der Waals surface area (Å²) >= 11 is 0. The number of fused-ring (bicyclic) bond motifs is 4. The van der Waals surface area contributed by atoms with Crippen molar-refractivity contribution >= 4 is 38.1 Å². The minimum atomic E-state index is -3.77. The molecule has 5 aromatic heterocycles. The van der Waals surface area contributed by atoms with E-state index in [-0.39, 0.29) is 40.4 Å². The molecule has 8 rings (SSSR count). The molecule has 0 unspecified atom stereocenters. The van der Waals surface area contributed by atoms with Gasteiger partial charge in [0.15, 0.2) is 21.3 Å². The number of benzene rings is 1. The molecule has 6 aromatic rings. The average Bonchev–Trinajstić information content (AvgIpc) is 3.81. The number of aromatic amines is 1. The Hall–Kier alpha value is -5.25. The fraction of sp³-hybridized carbons (Fsp3) is 0.310. The number of rotatable bonds is 5. The van der Waals surface area contributed by atoms with Crippen molar-refractivity contribution in [2.24, 2.45) is 7.05 Å². The number of sulfone groups is 1. The van der Waals surface area contributed by atoms with Crippen molar-refractivity contribution in [1.82, 2.24) is 54.4 Å². The van der Waals surface area contributed by atoms with Crippen molar-refractivity contribution < 1.29 is 13.2 Å². The Morgan fingerprint density at radius 2 is 1.82 bits per heavy atom. The molecule has 2 aliphatic rings. The number of H-pyrrole nitrogens is 1. The highest BCUT2D eigenvalue weighted by molar-refractivity contribution is 7.91. The Bertz CT molecular complexity index is 2210. The van der Waals surface area contributed by atoms with Crippen molar-refractivity contribution in [3.63, 3.8) is 0 Å². The summed E-state index contributed by atoms with van der Waals surface area (Å²) in [5.41, 5.74) is 10.4. The number of hydrogen-bond donors (Lipinski definition) is 2. The minimum absolute atomic E-state index is 0.00132. The van der Waals surface area contributed by atoms with Crippen LogP contribution in [-0.2, 0) is 16.9 Å². The van der Waals surface area contributed by atoms with Crippen LogP contribution in [-0.4, -0.2) is 87.1 Å². The predicted octanol–water partition coefficient (Wildman–Crippen LogP) is 2.39. The Kier molecular flexibility index (Phi) is 6.00. The first-order valence-corrected chi connectivity index (χ1v) is 16.4. The Labute approximate surface area is 256 Å². The van der Waals surface area contributed by atoms with E-state index in [1.165, 1.54) is 10.8 Å². The molecule has 2 bridgehead atoms. The normalized spacial score (nSPS) is 20.0. The summed E-state index contributed by atoms with van der Waals surface area (Å²) in [5.74, 6) is 0.309. The molecule has 0 aliphatic carbocycles. The maximum absolute atomic E-state index is 13.2. The number of nitrogens with two attached hydrogens (primary N) is 1. The molecule has 3 atom stereocenters. The summed E-state index contributed by atoms with van der Waals surface area (Å²) in [7, 11) is -1.90. The Morgan fingerprint density at radius 3 is 2.51 bits per heavy atom. The number of carbonyl (C=O) groups is 1. The molecule has 2 saturated heterocycles. The maximum atomic E-state index is 13.2. The van der Waals surface area contributed by atoms with Gasteiger partial charge in [0.2, 0.25) is 5.82 Å². The van der Waals surface area contributed by atoms with Gasteiger partial charge in [0.25, 0.3) is 5.91 Å². The minimum Gasteiger partial charge on any atom is -0.382 e. The van der Waals surface area contributed by atoms with Gasteiger partial charge >= 0.3 is 0 Å². The number of aryl methyl sites for hydroxylation is 1. The van der Waals surface area contributed by atoms with Gasteiger partial charge < -0.3 is 15.6 Å². The summed E-state index contributed by atoms with van der Waals surface area (Å²) in [6, 6.07) is 5.68. The molecule has 2 fully saturated rings. The molecule has 0 saturated carbocycles. The lowest BCUT2D eigenvalue weighted by atomic mass is 9.87. The number of amides is 1. The van der Waals surface area contributed by atoms with Gasteiger partial charge in [-0.25, -0.2) is 23.4 Å². The summed E-state index contributed by atoms with van der Waals surface area (Å²) in [4.78, 5) is 32.0. The van der Waals surface area contributed by atoms with E-state index in [1.54, 1.807) is 23.3 Å². The summed E-state index contributed by atoms with van der Waals surface area (Å²) in [6.45, 7) is 0. The lowest BCUT2D eigenvalue weighted by Gasteiger charge is -2.38. The Balaban J connectivity index is 1.17. The fourth-order valence-corrected chi connectivity index (χ4v) is 8.01. The number of carbonyl (C=O) groups excluding carboxylic acids is 1. The second-order valence-electron chi connectivity index (χ2n) is 11.8. The van der Waals surface area contributed by atoms with Gasteiger partial charge in [0.1, 0.15) is 17.0 Å². The third kappa shape index (κ3) is 4.43. The predicted molar refractivity (Wildman–Crippen MR) is 163 cm³/mol. The second kappa shape index (κ2) is 9.88. The first-order chi connectivity index (χ1) is 21.7. The lowest BCUT2D eigenvalue weighted by Crippen LogP contribution is -2.46. The molecule has 3 N–H and O–H groups in total. The van der Waals surface area contributed by atoms with Crippen molar-refractivity contribution in [1.29, 1.82) is 0 Å². The SMILES string of the molecule is Cn1cc2cc(-c3ncc(-c4cnn5c(N)c(S(C)(=O)=O)c([C@H]6C[C@H]7CC[C@@H](C6)N7C(=O)c6nnc[nH]6)nc45)cn3)ccc2n1. The zero-order valence-corrected chi connectivity index (χ0v) is 25.2. The van der Waals surface area contributed by atoms with E-state index in [9.17, 15) is 13.2 Å². The zero-order valence-electron chi connectivity index (χ0n) is 24.4. The van der Waals surface area contributed by atoms with Crippen molar-refractivity contribution in [3.05, 3.63) is 60.8 Å². The second-order valence-corrected chi connectivity index (χ2v) is 13.7. The first-order valence-electron chi connectivity index (χ1n) is 14.5. The van der Waals surface area contributed by atoms with E-state index in [1.807, 2.05) is 36.3 Å². The van der Waals surface area contributed by atoms with E-state index in [4.69, 9.17) is 10.7 Å². The molecule has 1 amide bonds. The van der Waals surface area contributed by atoms with Crippen LogP contribution in [0.15, 0.2) is 54.2 Å². The summed E-state index contributed by atoms with van der Waals surface area (Å²) < 4.78 is 29.4. The molecule has 2 aliphatic heterocycles. The van der Waals surface area contributed by atoms with Crippen LogP contribution >= 0.6 is 0 Å². The van der Waals surface area contributed by atoms with Gasteiger partial charge in [-0.1, -0.05) is 0 Å². The highest BCUT2D eigenvalue weighted by atomic mass is 32.2. The largest absolute Gasteiger partial charge is 0.382 e. The van der Waals surface area contributed by atoms with Gasteiger partial charge in [-0.05, 0) is 43.9 Å². The van der Waals surface area contributed by atoms with Gasteiger partial charge in [0, 0.05) is 72.0 Å². The van der Waals surface area contributed by atoms with Crippen LogP contribution in [0.3, 0.4) is 0 Å². The molecule has 0 radical (unpaired) electrons.